The van der Waals surface area contributed by atoms with Gasteiger partial charge in [-0.3, -0.25) is 9.38 Å². The van der Waals surface area contributed by atoms with Crippen LogP contribution in [-0.4, -0.2) is 19.6 Å². The van der Waals surface area contributed by atoms with Crippen LogP contribution < -0.4 is 0 Å². The Bertz CT molecular complexity index is 970. The van der Waals surface area contributed by atoms with Gasteiger partial charge in [0.15, 0.2) is 11.5 Å². The number of aromatic nitrogens is 4. The Balaban J connectivity index is 1.80. The molecular formula is C20H18N4. The molecule has 0 radical (unpaired) electrons. The van der Waals surface area contributed by atoms with Gasteiger partial charge in [0, 0.05) is 24.2 Å². The molecule has 118 valence electrons. The lowest BCUT2D eigenvalue weighted by atomic mass is 9.99. The summed E-state index contributed by atoms with van der Waals surface area (Å²) >= 11 is 0. The molecule has 3 aromatic heterocycles. The Morgan fingerprint density at radius 3 is 2.17 bits per heavy atom. The van der Waals surface area contributed by atoms with Crippen molar-refractivity contribution >= 4 is 5.65 Å². The molecule has 0 atom stereocenters. The molecule has 3 heterocycles. The van der Waals surface area contributed by atoms with E-state index in [0.29, 0.717) is 5.92 Å². The van der Waals surface area contributed by atoms with Crippen molar-refractivity contribution in [2.24, 2.45) is 0 Å². The van der Waals surface area contributed by atoms with Gasteiger partial charge in [0.25, 0.3) is 0 Å². The summed E-state index contributed by atoms with van der Waals surface area (Å²) in [6.07, 6.45) is 5.63. The zero-order valence-electron chi connectivity index (χ0n) is 13.7. The molecule has 4 heteroatoms. The molecule has 0 saturated carbocycles. The summed E-state index contributed by atoms with van der Waals surface area (Å²) in [5.41, 5.74) is 5.53. The number of pyridine rings is 2. The summed E-state index contributed by atoms with van der Waals surface area (Å²) in [7, 11) is 0. The molecule has 0 aliphatic rings. The van der Waals surface area contributed by atoms with Crippen molar-refractivity contribution in [2.45, 2.75) is 19.8 Å². The zero-order chi connectivity index (χ0) is 16.5. The number of hydrogen-bond donors (Lipinski definition) is 0. The first-order chi connectivity index (χ1) is 11.7. The Morgan fingerprint density at radius 2 is 1.46 bits per heavy atom. The van der Waals surface area contributed by atoms with Crippen LogP contribution in [0.2, 0.25) is 0 Å². The maximum Gasteiger partial charge on any atom is 0.168 e. The highest BCUT2D eigenvalue weighted by molar-refractivity contribution is 5.67. The molecule has 0 unspecified atom stereocenters. The first-order valence-electron chi connectivity index (χ1n) is 8.08. The maximum absolute atomic E-state index is 4.32. The quantitative estimate of drug-likeness (QED) is 0.556. The average molecular weight is 314 g/mol. The summed E-state index contributed by atoms with van der Waals surface area (Å²) in [5, 5.41) is 8.58. The Morgan fingerprint density at radius 1 is 0.750 bits per heavy atom. The van der Waals surface area contributed by atoms with E-state index in [0.717, 1.165) is 22.6 Å². The first kappa shape index (κ1) is 14.6. The highest BCUT2D eigenvalue weighted by Gasteiger charge is 2.09. The van der Waals surface area contributed by atoms with Crippen molar-refractivity contribution in [1.29, 1.82) is 0 Å². The van der Waals surface area contributed by atoms with E-state index in [1.165, 1.54) is 11.1 Å². The Hall–Kier alpha value is -3.01. The number of benzene rings is 1. The Labute approximate surface area is 140 Å². The maximum atomic E-state index is 4.32. The van der Waals surface area contributed by atoms with Crippen LogP contribution in [0.1, 0.15) is 25.3 Å². The molecule has 0 spiro atoms. The zero-order valence-corrected chi connectivity index (χ0v) is 13.7. The van der Waals surface area contributed by atoms with E-state index >= 15 is 0 Å². The largest absolute Gasteiger partial charge is 0.282 e. The third kappa shape index (κ3) is 2.56. The topological polar surface area (TPSA) is 43.1 Å². The number of rotatable bonds is 3. The van der Waals surface area contributed by atoms with E-state index in [9.17, 15) is 0 Å². The van der Waals surface area contributed by atoms with Crippen LogP contribution in [-0.2, 0) is 0 Å². The molecule has 0 bridgehead atoms. The highest BCUT2D eigenvalue weighted by atomic mass is 15.2. The van der Waals surface area contributed by atoms with Crippen molar-refractivity contribution in [1.82, 2.24) is 19.6 Å². The van der Waals surface area contributed by atoms with Gasteiger partial charge in [-0.1, -0.05) is 38.1 Å². The summed E-state index contributed by atoms with van der Waals surface area (Å²) in [6, 6.07) is 16.7. The van der Waals surface area contributed by atoms with Gasteiger partial charge in [-0.05, 0) is 46.9 Å². The fourth-order valence-electron chi connectivity index (χ4n) is 2.82. The van der Waals surface area contributed by atoms with E-state index in [-0.39, 0.29) is 0 Å². The van der Waals surface area contributed by atoms with Crippen molar-refractivity contribution in [2.75, 3.05) is 0 Å². The van der Waals surface area contributed by atoms with Crippen molar-refractivity contribution in [3.8, 4) is 22.5 Å². The van der Waals surface area contributed by atoms with Gasteiger partial charge < -0.3 is 0 Å². The normalized spacial score (nSPS) is 11.3. The molecule has 4 aromatic rings. The lowest BCUT2D eigenvalue weighted by Gasteiger charge is -2.08. The Kier molecular flexibility index (Phi) is 3.58. The summed E-state index contributed by atoms with van der Waals surface area (Å²) in [6.45, 7) is 4.42. The number of hydrogen-bond acceptors (Lipinski definition) is 3. The van der Waals surface area contributed by atoms with Crippen LogP contribution in [0, 0.1) is 0 Å². The van der Waals surface area contributed by atoms with Crippen LogP contribution in [0.15, 0.2) is 67.1 Å². The van der Waals surface area contributed by atoms with Crippen LogP contribution in [0.4, 0.5) is 0 Å². The van der Waals surface area contributed by atoms with E-state index in [2.05, 4.69) is 65.6 Å². The molecule has 4 nitrogen and oxygen atoms in total. The molecule has 24 heavy (non-hydrogen) atoms. The van der Waals surface area contributed by atoms with Crippen molar-refractivity contribution in [3.05, 3.63) is 72.7 Å². The molecule has 0 fully saturated rings. The van der Waals surface area contributed by atoms with Gasteiger partial charge in [0.2, 0.25) is 0 Å². The second kappa shape index (κ2) is 5.89. The lowest BCUT2D eigenvalue weighted by Crippen LogP contribution is -1.92. The molecule has 4 rings (SSSR count). The first-order valence-corrected chi connectivity index (χ1v) is 8.08. The molecule has 0 saturated heterocycles. The highest BCUT2D eigenvalue weighted by Crippen LogP contribution is 2.25. The summed E-state index contributed by atoms with van der Waals surface area (Å²) in [5.74, 6) is 1.37. The third-order valence-electron chi connectivity index (χ3n) is 4.25. The predicted molar refractivity (Wildman–Crippen MR) is 95.7 cm³/mol. The fourth-order valence-corrected chi connectivity index (χ4v) is 2.82. The summed E-state index contributed by atoms with van der Waals surface area (Å²) in [4.78, 5) is 4.07. The fraction of sp³-hybridized carbons (Fsp3) is 0.150. The standard InChI is InChI=1S/C20H18N4/c1-14(2)15-3-5-16(6-4-15)18-7-8-19-22-23-20(24(19)13-18)17-9-11-21-12-10-17/h3-14H,1-2H3. The second-order valence-corrected chi connectivity index (χ2v) is 6.18. The van der Waals surface area contributed by atoms with Crippen molar-refractivity contribution < 1.29 is 0 Å². The van der Waals surface area contributed by atoms with E-state index in [1.54, 1.807) is 12.4 Å². The molecule has 0 aliphatic heterocycles. The van der Waals surface area contributed by atoms with Crippen LogP contribution in [0.5, 0.6) is 0 Å². The van der Waals surface area contributed by atoms with Gasteiger partial charge in [-0.2, -0.15) is 0 Å². The summed E-state index contributed by atoms with van der Waals surface area (Å²) < 4.78 is 2.03. The minimum absolute atomic E-state index is 0.540. The molecule has 0 N–H and O–H groups in total. The minimum Gasteiger partial charge on any atom is -0.282 e. The van der Waals surface area contributed by atoms with Crippen LogP contribution in [0.3, 0.4) is 0 Å². The van der Waals surface area contributed by atoms with Gasteiger partial charge in [0.1, 0.15) is 0 Å². The van der Waals surface area contributed by atoms with Gasteiger partial charge in [-0.25, -0.2) is 0 Å². The molecule has 1 aromatic carbocycles. The smallest absolute Gasteiger partial charge is 0.168 e. The minimum atomic E-state index is 0.540. The molecule has 0 aliphatic carbocycles. The number of nitrogens with zero attached hydrogens (tertiary/aromatic N) is 4. The second-order valence-electron chi connectivity index (χ2n) is 6.18. The average Bonchev–Trinajstić information content (AvgIpc) is 3.05. The monoisotopic (exact) mass is 314 g/mol. The third-order valence-corrected chi connectivity index (χ3v) is 4.25. The number of fused-ring (bicyclic) bond motifs is 1. The van der Waals surface area contributed by atoms with Gasteiger partial charge >= 0.3 is 0 Å². The molecule has 0 amide bonds. The van der Waals surface area contributed by atoms with Crippen LogP contribution in [0.25, 0.3) is 28.2 Å². The van der Waals surface area contributed by atoms with E-state index < -0.39 is 0 Å². The SMILES string of the molecule is CC(C)c1ccc(-c2ccc3nnc(-c4ccncc4)n3c2)cc1. The van der Waals surface area contributed by atoms with Gasteiger partial charge in [-0.15, -0.1) is 10.2 Å². The lowest BCUT2D eigenvalue weighted by molar-refractivity contribution is 0.867. The molecular weight excluding hydrogens is 296 g/mol. The van der Waals surface area contributed by atoms with E-state index in [4.69, 9.17) is 0 Å². The van der Waals surface area contributed by atoms with E-state index in [1.807, 2.05) is 22.6 Å². The predicted octanol–water partition coefficient (Wildman–Crippen LogP) is 4.58. The van der Waals surface area contributed by atoms with Crippen LogP contribution >= 0.6 is 0 Å². The van der Waals surface area contributed by atoms with Crippen molar-refractivity contribution in [3.63, 3.8) is 0 Å². The van der Waals surface area contributed by atoms with Gasteiger partial charge in [0.05, 0.1) is 0 Å².